The van der Waals surface area contributed by atoms with Crippen molar-refractivity contribution in [2.75, 3.05) is 13.2 Å². The van der Waals surface area contributed by atoms with Crippen LogP contribution in [0.2, 0.25) is 0 Å². The van der Waals surface area contributed by atoms with Gasteiger partial charge in [0.2, 0.25) is 5.91 Å². The number of rotatable bonds is 5. The molecule has 0 aromatic heterocycles. The lowest BCUT2D eigenvalue weighted by Gasteiger charge is -2.28. The topological polar surface area (TPSA) is 46.6 Å². The van der Waals surface area contributed by atoms with Crippen molar-refractivity contribution in [1.82, 2.24) is 4.90 Å². The molecule has 0 N–H and O–H groups in total. The molecule has 0 spiro atoms. The van der Waals surface area contributed by atoms with E-state index >= 15 is 0 Å². The highest BCUT2D eigenvalue weighted by atomic mass is 16.5. The minimum Gasteiger partial charge on any atom is -0.368 e. The van der Waals surface area contributed by atoms with Gasteiger partial charge in [-0.15, -0.1) is 0 Å². The molecule has 0 aliphatic carbocycles. The van der Waals surface area contributed by atoms with Crippen LogP contribution in [0.3, 0.4) is 0 Å². The van der Waals surface area contributed by atoms with Crippen LogP contribution in [0.1, 0.15) is 38.2 Å². The molecular formula is C24H27NO3. The lowest BCUT2D eigenvalue weighted by Crippen LogP contribution is -2.44. The fourth-order valence-corrected chi connectivity index (χ4v) is 4.46. The van der Waals surface area contributed by atoms with Gasteiger partial charge >= 0.3 is 0 Å². The fourth-order valence-electron chi connectivity index (χ4n) is 4.46. The van der Waals surface area contributed by atoms with Crippen LogP contribution in [0.5, 0.6) is 0 Å². The monoisotopic (exact) mass is 377 g/mol. The van der Waals surface area contributed by atoms with Crippen molar-refractivity contribution in [3.63, 3.8) is 0 Å². The average Bonchev–Trinajstić information content (AvgIpc) is 3.29. The third kappa shape index (κ3) is 3.61. The van der Waals surface area contributed by atoms with E-state index in [9.17, 15) is 9.59 Å². The van der Waals surface area contributed by atoms with Crippen LogP contribution >= 0.6 is 0 Å². The maximum Gasteiger partial charge on any atom is 0.230 e. The van der Waals surface area contributed by atoms with Crippen LogP contribution < -0.4 is 0 Å². The summed E-state index contributed by atoms with van der Waals surface area (Å²) in [5, 5.41) is 0. The van der Waals surface area contributed by atoms with E-state index in [0.717, 1.165) is 29.5 Å². The predicted octanol–water partition coefficient (Wildman–Crippen LogP) is 4.05. The fraction of sp³-hybridized carbons (Fsp3) is 0.417. The van der Waals surface area contributed by atoms with Crippen molar-refractivity contribution in [1.29, 1.82) is 0 Å². The highest BCUT2D eigenvalue weighted by Crippen LogP contribution is 2.34. The summed E-state index contributed by atoms with van der Waals surface area (Å²) >= 11 is 0. The Morgan fingerprint density at radius 2 is 1.86 bits per heavy atom. The number of hydrogen-bond acceptors (Lipinski definition) is 3. The van der Waals surface area contributed by atoms with Crippen molar-refractivity contribution in [2.24, 2.45) is 5.92 Å². The Labute approximate surface area is 166 Å². The van der Waals surface area contributed by atoms with Gasteiger partial charge in [-0.25, -0.2) is 0 Å². The molecule has 0 bridgehead atoms. The molecule has 4 rings (SSSR count). The maximum absolute atomic E-state index is 13.5. The zero-order valence-electron chi connectivity index (χ0n) is 16.5. The molecule has 2 aliphatic rings. The summed E-state index contributed by atoms with van der Waals surface area (Å²) in [6, 6.07) is 18.1. The normalized spacial score (nSPS) is 22.5. The number of carbonyl (C=O) groups excluding carboxylic acids is 2. The number of Topliss-reactive ketones (excluding diaryl/α,β-unsaturated/α-hetero) is 1. The lowest BCUT2D eigenvalue weighted by molar-refractivity contribution is -0.138. The van der Waals surface area contributed by atoms with Crippen molar-refractivity contribution < 1.29 is 14.3 Å². The summed E-state index contributed by atoms with van der Waals surface area (Å²) in [6.07, 6.45) is 1.40. The Kier molecular flexibility index (Phi) is 5.31. The number of nitrogens with zero attached hydrogens (tertiary/aromatic N) is 1. The number of likely N-dealkylation sites (tertiary alicyclic amines) is 1. The number of hydrogen-bond donors (Lipinski definition) is 0. The highest BCUT2D eigenvalue weighted by Gasteiger charge is 2.47. The molecule has 0 saturated carbocycles. The van der Waals surface area contributed by atoms with Gasteiger partial charge in [-0.2, -0.15) is 0 Å². The Balaban J connectivity index is 1.65. The molecule has 2 aromatic carbocycles. The summed E-state index contributed by atoms with van der Waals surface area (Å²) in [4.78, 5) is 27.6. The van der Waals surface area contributed by atoms with Gasteiger partial charge in [0.15, 0.2) is 5.78 Å². The minimum absolute atomic E-state index is 0.0391. The molecule has 146 valence electrons. The summed E-state index contributed by atoms with van der Waals surface area (Å²) in [5.74, 6) is 0.238. The number of carbonyl (C=O) groups is 2. The quantitative estimate of drug-likeness (QED) is 0.790. The number of fused-ring (bicyclic) bond motifs is 1. The molecule has 3 atom stereocenters. The molecule has 0 radical (unpaired) electrons. The summed E-state index contributed by atoms with van der Waals surface area (Å²) in [5.41, 5.74) is 3.27. The third-order valence-corrected chi connectivity index (χ3v) is 5.80. The largest absolute Gasteiger partial charge is 0.368 e. The highest BCUT2D eigenvalue weighted by molar-refractivity contribution is 5.94. The van der Waals surface area contributed by atoms with Crippen LogP contribution in [-0.2, 0) is 14.3 Å². The van der Waals surface area contributed by atoms with Gasteiger partial charge in [0.05, 0.1) is 12.0 Å². The minimum atomic E-state index is -0.389. The van der Waals surface area contributed by atoms with E-state index in [0.29, 0.717) is 12.5 Å². The summed E-state index contributed by atoms with van der Waals surface area (Å²) in [7, 11) is 0. The second-order valence-electron chi connectivity index (χ2n) is 8.25. The van der Waals surface area contributed by atoms with E-state index in [4.69, 9.17) is 4.74 Å². The summed E-state index contributed by atoms with van der Waals surface area (Å²) in [6.45, 7) is 5.01. The van der Waals surface area contributed by atoms with Gasteiger partial charge in [0, 0.05) is 6.54 Å². The van der Waals surface area contributed by atoms with E-state index < -0.39 is 0 Å². The number of ether oxygens (including phenoxy) is 1. The molecule has 2 aromatic rings. The Bertz CT molecular complexity index is 861. The molecule has 2 fully saturated rings. The molecule has 2 aliphatic heterocycles. The number of ketones is 1. The molecule has 4 heteroatoms. The Morgan fingerprint density at radius 1 is 1.11 bits per heavy atom. The Hall–Kier alpha value is -2.46. The van der Waals surface area contributed by atoms with E-state index in [1.54, 1.807) is 4.90 Å². The van der Waals surface area contributed by atoms with E-state index in [1.807, 2.05) is 30.3 Å². The number of amides is 1. The Morgan fingerprint density at radius 3 is 2.61 bits per heavy atom. The maximum atomic E-state index is 13.5. The third-order valence-electron chi connectivity index (χ3n) is 5.80. The van der Waals surface area contributed by atoms with Gasteiger partial charge in [0.25, 0.3) is 0 Å². The molecule has 2 heterocycles. The van der Waals surface area contributed by atoms with Crippen LogP contribution in [0, 0.1) is 5.92 Å². The van der Waals surface area contributed by atoms with Crippen molar-refractivity contribution >= 4 is 11.7 Å². The van der Waals surface area contributed by atoms with E-state index in [1.165, 1.54) is 0 Å². The van der Waals surface area contributed by atoms with Crippen LogP contribution in [-0.4, -0.2) is 41.9 Å². The van der Waals surface area contributed by atoms with Crippen LogP contribution in [0.4, 0.5) is 0 Å². The molecule has 1 unspecified atom stereocenters. The van der Waals surface area contributed by atoms with Crippen LogP contribution in [0.25, 0.3) is 11.1 Å². The first-order chi connectivity index (χ1) is 13.5. The summed E-state index contributed by atoms with van der Waals surface area (Å²) < 4.78 is 5.57. The lowest BCUT2D eigenvalue weighted by atomic mass is 9.87. The molecule has 28 heavy (non-hydrogen) atoms. The van der Waals surface area contributed by atoms with E-state index in [2.05, 4.69) is 38.1 Å². The molecule has 4 nitrogen and oxygen atoms in total. The predicted molar refractivity (Wildman–Crippen MR) is 109 cm³/mol. The van der Waals surface area contributed by atoms with Gasteiger partial charge < -0.3 is 9.64 Å². The zero-order chi connectivity index (χ0) is 19.7. The standard InChI is InChI=1S/C24H27NO3/c1-16(2)13-20(24(27)25-12-11-22-23(25)21(26)15-28-22)19-10-6-9-18(14-19)17-7-4-3-5-8-17/h3-10,14,16,20,22-23H,11-13,15H2,1-2H3/t20?,22-,23-/m1/s1. The van der Waals surface area contributed by atoms with Crippen molar-refractivity contribution in [3.8, 4) is 11.1 Å². The molecular weight excluding hydrogens is 350 g/mol. The van der Waals surface area contributed by atoms with Crippen LogP contribution in [0.15, 0.2) is 54.6 Å². The second-order valence-corrected chi connectivity index (χ2v) is 8.25. The van der Waals surface area contributed by atoms with E-state index in [-0.39, 0.29) is 36.4 Å². The van der Waals surface area contributed by atoms with Crippen molar-refractivity contribution in [3.05, 3.63) is 60.2 Å². The molecule has 1 amide bonds. The van der Waals surface area contributed by atoms with Gasteiger partial charge in [-0.3, -0.25) is 9.59 Å². The second kappa shape index (κ2) is 7.88. The van der Waals surface area contributed by atoms with Gasteiger partial charge in [-0.1, -0.05) is 68.4 Å². The smallest absolute Gasteiger partial charge is 0.230 e. The first kappa shape index (κ1) is 18.9. The van der Waals surface area contributed by atoms with Crippen molar-refractivity contribution in [2.45, 2.75) is 44.8 Å². The average molecular weight is 377 g/mol. The number of benzene rings is 2. The van der Waals surface area contributed by atoms with Gasteiger partial charge in [-0.05, 0) is 35.4 Å². The molecule has 2 saturated heterocycles. The zero-order valence-corrected chi connectivity index (χ0v) is 16.5. The first-order valence-corrected chi connectivity index (χ1v) is 10.1. The SMILES string of the molecule is CC(C)CC(C(=O)N1CC[C@H]2OCC(=O)[C@H]21)c1cccc(-c2ccccc2)c1. The first-order valence-electron chi connectivity index (χ1n) is 10.1. The van der Waals surface area contributed by atoms with Gasteiger partial charge in [0.1, 0.15) is 12.6 Å².